The van der Waals surface area contributed by atoms with Gasteiger partial charge in [0.25, 0.3) is 0 Å². The molecule has 10 nitrogen and oxygen atoms in total. The van der Waals surface area contributed by atoms with E-state index in [0.29, 0.717) is 53.1 Å². The van der Waals surface area contributed by atoms with Crippen molar-refractivity contribution < 1.29 is 0 Å². The van der Waals surface area contributed by atoms with Gasteiger partial charge < -0.3 is 57.3 Å². The van der Waals surface area contributed by atoms with E-state index < -0.39 is 0 Å². The first-order valence-electron chi connectivity index (χ1n) is 7.59. The number of nitrogens with two attached hydrogens (primary N) is 10. The first-order valence-corrected chi connectivity index (χ1v) is 7.59. The van der Waals surface area contributed by atoms with E-state index in [0.717, 1.165) is 0 Å². The molecular weight excluding hydrogens is 320 g/mol. The summed E-state index contributed by atoms with van der Waals surface area (Å²) in [7, 11) is 0. The van der Waals surface area contributed by atoms with Crippen LogP contribution in [-0.2, 0) is 12.8 Å². The predicted molar refractivity (Wildman–Crippen MR) is 109 cm³/mol. The summed E-state index contributed by atoms with van der Waals surface area (Å²) in [5, 5.41) is 0. The third-order valence-corrected chi connectivity index (χ3v) is 4.48. The standard InChI is InChI=1S/C15H26N10/c16-6-4(7(17)11(21)14(24)10(6)20)2-1-3-5-8(18)12(22)15(25)13(23)9(5)19/h1-3,16-25H2. The Morgan fingerprint density at radius 1 is 0.320 bits per heavy atom. The van der Waals surface area contributed by atoms with Crippen LogP contribution in [0.15, 0.2) is 0 Å². The molecule has 0 amide bonds. The number of rotatable bonds is 4. The highest BCUT2D eigenvalue weighted by molar-refractivity contribution is 5.97. The maximum absolute atomic E-state index is 6.01. The fourth-order valence-corrected chi connectivity index (χ4v) is 2.79. The van der Waals surface area contributed by atoms with E-state index in [9.17, 15) is 0 Å². The number of benzene rings is 2. The Morgan fingerprint density at radius 3 is 0.760 bits per heavy atom. The van der Waals surface area contributed by atoms with E-state index in [-0.39, 0.29) is 34.1 Å². The van der Waals surface area contributed by atoms with Gasteiger partial charge in [-0.25, -0.2) is 0 Å². The first-order chi connectivity index (χ1) is 11.6. The summed E-state index contributed by atoms with van der Waals surface area (Å²) in [6.07, 6.45) is 1.60. The summed E-state index contributed by atoms with van der Waals surface area (Å²) < 4.78 is 0. The Morgan fingerprint density at radius 2 is 0.520 bits per heavy atom. The van der Waals surface area contributed by atoms with E-state index >= 15 is 0 Å². The van der Waals surface area contributed by atoms with Gasteiger partial charge in [-0.1, -0.05) is 0 Å². The number of anilines is 10. The van der Waals surface area contributed by atoms with Crippen molar-refractivity contribution in [3.63, 3.8) is 0 Å². The highest BCUT2D eigenvalue weighted by Crippen LogP contribution is 2.41. The van der Waals surface area contributed by atoms with Gasteiger partial charge in [0.15, 0.2) is 0 Å². The summed E-state index contributed by atoms with van der Waals surface area (Å²) >= 11 is 0. The zero-order valence-electron chi connectivity index (χ0n) is 13.9. The molecule has 0 aliphatic heterocycles. The van der Waals surface area contributed by atoms with Crippen molar-refractivity contribution in [2.45, 2.75) is 19.3 Å². The lowest BCUT2D eigenvalue weighted by Crippen LogP contribution is -2.13. The molecule has 0 aromatic heterocycles. The zero-order valence-corrected chi connectivity index (χ0v) is 13.9. The molecule has 136 valence electrons. The van der Waals surface area contributed by atoms with E-state index in [2.05, 4.69) is 0 Å². The maximum atomic E-state index is 6.01. The van der Waals surface area contributed by atoms with Gasteiger partial charge >= 0.3 is 0 Å². The predicted octanol–water partition coefficient (Wildman–Crippen LogP) is -0.316. The number of hydrogen-bond donors (Lipinski definition) is 10. The molecule has 0 bridgehead atoms. The average molecular weight is 346 g/mol. The Balaban J connectivity index is 2.29. The van der Waals surface area contributed by atoms with Gasteiger partial charge in [-0.15, -0.1) is 0 Å². The zero-order chi connectivity index (χ0) is 19.0. The first kappa shape index (κ1) is 17.8. The molecular formula is C15H26N10. The second-order valence-electron chi connectivity index (χ2n) is 5.95. The van der Waals surface area contributed by atoms with Crippen LogP contribution >= 0.6 is 0 Å². The monoisotopic (exact) mass is 346 g/mol. The van der Waals surface area contributed by atoms with Crippen LogP contribution in [0, 0.1) is 0 Å². The van der Waals surface area contributed by atoms with Crippen LogP contribution in [0.25, 0.3) is 0 Å². The third kappa shape index (κ3) is 2.73. The van der Waals surface area contributed by atoms with Gasteiger partial charge in [0.2, 0.25) is 0 Å². The van der Waals surface area contributed by atoms with Gasteiger partial charge in [-0.05, 0) is 19.3 Å². The second-order valence-corrected chi connectivity index (χ2v) is 5.95. The molecule has 0 aliphatic rings. The van der Waals surface area contributed by atoms with Gasteiger partial charge in [-0.2, -0.15) is 0 Å². The summed E-state index contributed by atoms with van der Waals surface area (Å²) in [5.74, 6) is 0. The summed E-state index contributed by atoms with van der Waals surface area (Å²) in [6.45, 7) is 0. The quantitative estimate of drug-likeness (QED) is 0.322. The minimum atomic E-state index is 0.186. The Bertz CT molecular complexity index is 716. The van der Waals surface area contributed by atoms with E-state index in [1.54, 1.807) is 0 Å². The fourth-order valence-electron chi connectivity index (χ4n) is 2.79. The normalized spacial score (nSPS) is 10.9. The molecule has 0 atom stereocenters. The summed E-state index contributed by atoms with van der Waals surface area (Å²) in [4.78, 5) is 0. The lowest BCUT2D eigenvalue weighted by atomic mass is 9.96. The average Bonchev–Trinajstić information content (AvgIpc) is 2.60. The van der Waals surface area contributed by atoms with Crippen molar-refractivity contribution in [3.05, 3.63) is 11.1 Å². The van der Waals surface area contributed by atoms with Crippen molar-refractivity contribution in [2.24, 2.45) is 0 Å². The van der Waals surface area contributed by atoms with Crippen LogP contribution in [0.1, 0.15) is 17.5 Å². The summed E-state index contributed by atoms with van der Waals surface area (Å²) in [6, 6.07) is 0. The van der Waals surface area contributed by atoms with E-state index in [1.165, 1.54) is 0 Å². The third-order valence-electron chi connectivity index (χ3n) is 4.48. The van der Waals surface area contributed by atoms with E-state index in [1.807, 2.05) is 0 Å². The molecule has 0 saturated carbocycles. The smallest absolute Gasteiger partial charge is 0.0824 e. The van der Waals surface area contributed by atoms with Crippen molar-refractivity contribution in [2.75, 3.05) is 57.3 Å². The molecule has 0 heterocycles. The van der Waals surface area contributed by atoms with Crippen LogP contribution in [0.5, 0.6) is 0 Å². The van der Waals surface area contributed by atoms with E-state index in [4.69, 9.17) is 57.3 Å². The highest BCUT2D eigenvalue weighted by Gasteiger charge is 2.18. The molecule has 2 rings (SSSR count). The molecule has 20 N–H and O–H groups in total. The minimum absolute atomic E-state index is 0.186. The molecule has 0 fully saturated rings. The van der Waals surface area contributed by atoms with Gasteiger partial charge in [0.1, 0.15) is 0 Å². The molecule has 10 heteroatoms. The topological polar surface area (TPSA) is 260 Å². The van der Waals surface area contributed by atoms with Crippen LogP contribution in [0.4, 0.5) is 56.9 Å². The molecule has 2 aromatic carbocycles. The Hall–Kier alpha value is -3.56. The van der Waals surface area contributed by atoms with Crippen molar-refractivity contribution in [1.29, 1.82) is 0 Å². The fraction of sp³-hybridized carbons (Fsp3) is 0.200. The van der Waals surface area contributed by atoms with Crippen LogP contribution in [-0.4, -0.2) is 0 Å². The molecule has 0 spiro atoms. The number of hydrogen-bond acceptors (Lipinski definition) is 10. The highest BCUT2D eigenvalue weighted by atomic mass is 14.8. The van der Waals surface area contributed by atoms with Crippen molar-refractivity contribution >= 4 is 56.9 Å². The second kappa shape index (κ2) is 6.15. The van der Waals surface area contributed by atoms with Gasteiger partial charge in [0, 0.05) is 11.1 Å². The van der Waals surface area contributed by atoms with Crippen molar-refractivity contribution in [3.8, 4) is 0 Å². The Kier molecular flexibility index (Phi) is 4.38. The summed E-state index contributed by atoms with van der Waals surface area (Å²) in [5.41, 5.74) is 62.9. The SMILES string of the molecule is Nc1c(N)c(N)c(CCCc2c(N)c(N)c(N)c(N)c2N)c(N)c1N. The van der Waals surface area contributed by atoms with Crippen LogP contribution in [0.3, 0.4) is 0 Å². The Labute approximate surface area is 145 Å². The lowest BCUT2D eigenvalue weighted by Gasteiger charge is -2.18. The van der Waals surface area contributed by atoms with Gasteiger partial charge in [-0.3, -0.25) is 0 Å². The molecule has 0 saturated heterocycles. The molecule has 0 radical (unpaired) electrons. The largest absolute Gasteiger partial charge is 0.397 e. The maximum Gasteiger partial charge on any atom is 0.0824 e. The van der Waals surface area contributed by atoms with Crippen molar-refractivity contribution in [1.82, 2.24) is 0 Å². The number of nitrogen functional groups attached to an aromatic ring is 10. The van der Waals surface area contributed by atoms with Crippen LogP contribution < -0.4 is 57.3 Å². The molecule has 0 unspecified atom stereocenters. The molecule has 0 aliphatic carbocycles. The van der Waals surface area contributed by atoms with Crippen LogP contribution in [0.2, 0.25) is 0 Å². The molecule has 25 heavy (non-hydrogen) atoms. The van der Waals surface area contributed by atoms with Gasteiger partial charge in [0.05, 0.1) is 56.9 Å². The molecule has 2 aromatic rings. The minimum Gasteiger partial charge on any atom is -0.397 e. The lowest BCUT2D eigenvalue weighted by molar-refractivity contribution is 0.828.